The van der Waals surface area contributed by atoms with Crippen LogP contribution in [0.4, 0.5) is 0 Å². The molecule has 0 aliphatic heterocycles. The van der Waals surface area contributed by atoms with Gasteiger partial charge in [0.05, 0.1) is 17.1 Å². The average Bonchev–Trinajstić information content (AvgIpc) is 2.45. The largest absolute Gasteiger partial charge is 0.386 e. The lowest BCUT2D eigenvalue weighted by molar-refractivity contribution is 0.0590. The highest BCUT2D eigenvalue weighted by atomic mass is 16.3. The molecule has 0 fully saturated rings. The van der Waals surface area contributed by atoms with Crippen molar-refractivity contribution in [1.82, 2.24) is 9.97 Å². The molecule has 0 saturated carbocycles. The molecule has 2 rings (SSSR count). The van der Waals surface area contributed by atoms with Gasteiger partial charge in [0, 0.05) is 5.69 Å². The van der Waals surface area contributed by atoms with Crippen molar-refractivity contribution in [2.75, 3.05) is 0 Å². The molecule has 2 aromatic rings. The summed E-state index contributed by atoms with van der Waals surface area (Å²) in [6.07, 6.45) is 0.365. The highest BCUT2D eigenvalue weighted by molar-refractivity contribution is 5.54. The third kappa shape index (κ3) is 4.14. The van der Waals surface area contributed by atoms with Crippen LogP contribution >= 0.6 is 0 Å². The Morgan fingerprint density at radius 2 is 1.55 bits per heavy atom. The lowest BCUT2D eigenvalue weighted by Gasteiger charge is -2.25. The smallest absolute Gasteiger partial charge is 0.101 e. The number of hydrogen-bond acceptors (Lipinski definition) is 3. The topological polar surface area (TPSA) is 46.0 Å². The third-order valence-corrected chi connectivity index (χ3v) is 3.56. The maximum absolute atomic E-state index is 10.4. The normalized spacial score (nSPS) is 13.4. The number of nitrogens with zero attached hydrogens (tertiary/aromatic N) is 2. The summed E-state index contributed by atoms with van der Waals surface area (Å²) >= 11 is 0. The molecular formula is C19H26N2O. The summed E-state index contributed by atoms with van der Waals surface area (Å²) in [4.78, 5) is 9.32. The zero-order valence-corrected chi connectivity index (χ0v) is 14.2. The van der Waals surface area contributed by atoms with Gasteiger partial charge in [-0.05, 0) is 42.0 Å². The Kier molecular flexibility index (Phi) is 4.97. The molecule has 3 nitrogen and oxygen atoms in total. The van der Waals surface area contributed by atoms with Gasteiger partial charge in [-0.3, -0.25) is 4.98 Å². The maximum Gasteiger partial charge on any atom is 0.101 e. The van der Waals surface area contributed by atoms with Crippen molar-refractivity contribution in [3.05, 3.63) is 47.8 Å². The van der Waals surface area contributed by atoms with E-state index in [0.29, 0.717) is 11.6 Å². The van der Waals surface area contributed by atoms with Gasteiger partial charge in [-0.1, -0.05) is 46.8 Å². The monoisotopic (exact) mass is 298 g/mol. The van der Waals surface area contributed by atoms with Gasteiger partial charge >= 0.3 is 0 Å². The molecule has 2 aromatic heterocycles. The van der Waals surface area contributed by atoms with Crippen LogP contribution in [-0.2, 0) is 6.42 Å². The predicted molar refractivity (Wildman–Crippen MR) is 90.4 cm³/mol. The van der Waals surface area contributed by atoms with Crippen LogP contribution in [0.2, 0.25) is 0 Å². The Hall–Kier alpha value is -1.74. The molecule has 2 heterocycles. The number of aliphatic hydroxyl groups is 1. The lowest BCUT2D eigenvalue weighted by Crippen LogP contribution is -2.19. The van der Waals surface area contributed by atoms with Crippen molar-refractivity contribution in [2.24, 2.45) is 11.3 Å². The molecule has 22 heavy (non-hydrogen) atoms. The quantitative estimate of drug-likeness (QED) is 0.908. The van der Waals surface area contributed by atoms with E-state index in [1.165, 1.54) is 0 Å². The summed E-state index contributed by atoms with van der Waals surface area (Å²) in [7, 11) is 0. The van der Waals surface area contributed by atoms with Crippen molar-refractivity contribution in [2.45, 2.75) is 47.1 Å². The molecule has 0 radical (unpaired) electrons. The van der Waals surface area contributed by atoms with E-state index in [-0.39, 0.29) is 5.41 Å². The summed E-state index contributed by atoms with van der Waals surface area (Å²) in [5, 5.41) is 10.4. The van der Waals surface area contributed by atoms with Crippen molar-refractivity contribution < 1.29 is 5.11 Å². The highest BCUT2D eigenvalue weighted by Gasteiger charge is 2.25. The minimum absolute atomic E-state index is 0.238. The van der Waals surface area contributed by atoms with Crippen LogP contribution in [0.1, 0.15) is 52.1 Å². The highest BCUT2D eigenvalue weighted by Crippen LogP contribution is 2.32. The number of pyridine rings is 2. The van der Waals surface area contributed by atoms with Gasteiger partial charge in [0.2, 0.25) is 0 Å². The van der Waals surface area contributed by atoms with Gasteiger partial charge in [0.15, 0.2) is 0 Å². The SMILES string of the molecule is CC(C)Cc1cccc(-c2cccc([C@@H](O)C(C)(C)C)n2)n1. The first kappa shape index (κ1) is 16.6. The Bertz CT molecular complexity index is 629. The zero-order chi connectivity index (χ0) is 16.3. The van der Waals surface area contributed by atoms with E-state index >= 15 is 0 Å². The number of aromatic nitrogens is 2. The summed E-state index contributed by atoms with van der Waals surface area (Å²) in [6, 6.07) is 11.8. The fraction of sp³-hybridized carbons (Fsp3) is 0.474. The maximum atomic E-state index is 10.4. The van der Waals surface area contributed by atoms with Crippen molar-refractivity contribution in [3.8, 4) is 11.4 Å². The first-order valence-corrected chi connectivity index (χ1v) is 7.88. The van der Waals surface area contributed by atoms with E-state index in [2.05, 4.69) is 24.9 Å². The number of aliphatic hydroxyl groups excluding tert-OH is 1. The second-order valence-corrected chi connectivity index (χ2v) is 7.33. The average molecular weight is 298 g/mol. The van der Waals surface area contributed by atoms with Gasteiger partial charge in [-0.15, -0.1) is 0 Å². The van der Waals surface area contributed by atoms with Crippen LogP contribution in [-0.4, -0.2) is 15.1 Å². The minimum Gasteiger partial charge on any atom is -0.386 e. The molecule has 0 aliphatic carbocycles. The lowest BCUT2D eigenvalue weighted by atomic mass is 9.87. The van der Waals surface area contributed by atoms with E-state index in [9.17, 15) is 5.11 Å². The molecule has 0 unspecified atom stereocenters. The second-order valence-electron chi connectivity index (χ2n) is 7.33. The predicted octanol–water partition coefficient (Wildman–Crippen LogP) is 4.42. The van der Waals surface area contributed by atoms with Crippen LogP contribution in [0.15, 0.2) is 36.4 Å². The summed E-state index contributed by atoms with van der Waals surface area (Å²) < 4.78 is 0. The molecule has 0 spiro atoms. The molecule has 0 bridgehead atoms. The van der Waals surface area contributed by atoms with E-state index in [4.69, 9.17) is 4.98 Å². The molecule has 3 heteroatoms. The number of rotatable bonds is 4. The minimum atomic E-state index is -0.591. The molecule has 118 valence electrons. The Morgan fingerprint density at radius 3 is 2.14 bits per heavy atom. The van der Waals surface area contributed by atoms with Crippen LogP contribution in [0.3, 0.4) is 0 Å². The number of hydrogen-bond donors (Lipinski definition) is 1. The van der Waals surface area contributed by atoms with Crippen molar-refractivity contribution >= 4 is 0 Å². The van der Waals surface area contributed by atoms with Crippen LogP contribution in [0, 0.1) is 11.3 Å². The standard InChI is InChI=1S/C19H26N2O/c1-13(2)12-14-8-6-9-15(20-14)16-10-7-11-17(21-16)18(22)19(3,4)5/h6-11,13,18,22H,12H2,1-5H3/t18-/m1/s1. The summed E-state index contributed by atoms with van der Waals surface area (Å²) in [5.41, 5.74) is 3.21. The zero-order valence-electron chi connectivity index (χ0n) is 14.2. The third-order valence-electron chi connectivity index (χ3n) is 3.56. The van der Waals surface area contributed by atoms with E-state index < -0.39 is 6.10 Å². The van der Waals surface area contributed by atoms with E-state index in [1.807, 2.05) is 51.1 Å². The van der Waals surface area contributed by atoms with Gasteiger partial charge in [0.1, 0.15) is 6.10 Å². The van der Waals surface area contributed by atoms with Gasteiger partial charge in [-0.2, -0.15) is 0 Å². The van der Waals surface area contributed by atoms with Crippen LogP contribution < -0.4 is 0 Å². The summed E-state index contributed by atoms with van der Waals surface area (Å²) in [5.74, 6) is 0.574. The first-order chi connectivity index (χ1) is 10.3. The Morgan fingerprint density at radius 1 is 0.955 bits per heavy atom. The van der Waals surface area contributed by atoms with Crippen molar-refractivity contribution in [1.29, 1.82) is 0 Å². The molecule has 0 saturated heterocycles. The molecule has 1 N–H and O–H groups in total. The Balaban J connectivity index is 2.34. The molecule has 0 aromatic carbocycles. The molecule has 1 atom stereocenters. The van der Waals surface area contributed by atoms with Crippen LogP contribution in [0.25, 0.3) is 11.4 Å². The van der Waals surface area contributed by atoms with Gasteiger partial charge in [0.25, 0.3) is 0 Å². The Labute approximate surface area is 133 Å². The van der Waals surface area contributed by atoms with Crippen molar-refractivity contribution in [3.63, 3.8) is 0 Å². The second kappa shape index (κ2) is 6.57. The van der Waals surface area contributed by atoms with Gasteiger partial charge < -0.3 is 5.11 Å². The van der Waals surface area contributed by atoms with E-state index in [1.54, 1.807) is 0 Å². The fourth-order valence-corrected chi connectivity index (χ4v) is 2.34. The molecular weight excluding hydrogens is 272 g/mol. The van der Waals surface area contributed by atoms with E-state index in [0.717, 1.165) is 23.5 Å². The fourth-order valence-electron chi connectivity index (χ4n) is 2.34. The van der Waals surface area contributed by atoms with Gasteiger partial charge in [-0.25, -0.2) is 4.98 Å². The van der Waals surface area contributed by atoms with Crippen LogP contribution in [0.5, 0.6) is 0 Å². The first-order valence-electron chi connectivity index (χ1n) is 7.88. The molecule has 0 aliphatic rings. The summed E-state index contributed by atoms with van der Waals surface area (Å²) in [6.45, 7) is 10.4. The molecule has 0 amide bonds.